The number of nitrogens with zero attached hydrogens (tertiary/aromatic N) is 4. The highest BCUT2D eigenvalue weighted by atomic mass is 32.2. The molecule has 30 heteroatoms. The van der Waals surface area contributed by atoms with Gasteiger partial charge in [-0.15, -0.1) is 0 Å². The summed E-state index contributed by atoms with van der Waals surface area (Å²) in [7, 11) is -16.5. The number of carbonyl (C=O) groups excluding carboxylic acids is 5. The summed E-state index contributed by atoms with van der Waals surface area (Å²) in [5, 5.41) is 25.8. The number of phosphoric acid groups is 3. The molecule has 0 bridgehead atoms. The molecule has 1 fully saturated rings. The SMILES string of the molecule is CC[C@H](C)C(=O)CC(=O)CC(=O)SCCNC(=O)CCNC(=O)C(O)C(C)(C)COP(=O)(O)OP(=O)(O)OC[C@H]1O[C@@H](n2cnc3c(N)ncnc32)[C@H](O)[C@@H]1OP(=O)(O)O. The number of ketones is 2. The number of hydrogen-bond acceptors (Lipinski definition) is 20. The Kier molecular flexibility index (Phi) is 18.6. The van der Waals surface area contributed by atoms with Gasteiger partial charge in [-0.1, -0.05) is 39.5 Å². The molecule has 0 aromatic carbocycles. The fourth-order valence-electron chi connectivity index (χ4n) is 5.17. The van der Waals surface area contributed by atoms with Gasteiger partial charge in [0.15, 0.2) is 22.8 Å². The summed E-state index contributed by atoms with van der Waals surface area (Å²) in [6, 6.07) is 0. The number of amides is 2. The molecule has 10 N–H and O–H groups in total. The first-order valence-electron chi connectivity index (χ1n) is 17.8. The van der Waals surface area contributed by atoms with Crippen molar-refractivity contribution in [2.45, 2.75) is 84.0 Å². The lowest BCUT2D eigenvalue weighted by Crippen LogP contribution is -2.46. The molecule has 0 radical (unpaired) electrons. The molecule has 2 aromatic rings. The highest BCUT2D eigenvalue weighted by Crippen LogP contribution is 2.61. The molecular formula is C30H48N7O19P3S. The van der Waals surface area contributed by atoms with E-state index in [-0.39, 0.29) is 60.4 Å². The number of anilines is 1. The van der Waals surface area contributed by atoms with Gasteiger partial charge in [0.25, 0.3) is 0 Å². The van der Waals surface area contributed by atoms with Gasteiger partial charge in [0, 0.05) is 36.6 Å². The van der Waals surface area contributed by atoms with Crippen LogP contribution in [-0.2, 0) is 60.3 Å². The van der Waals surface area contributed by atoms with E-state index in [1.807, 2.05) is 6.92 Å². The molecule has 1 aliphatic rings. The van der Waals surface area contributed by atoms with E-state index in [4.69, 9.17) is 19.5 Å². The highest BCUT2D eigenvalue weighted by Gasteiger charge is 2.50. The first-order valence-corrected chi connectivity index (χ1v) is 23.4. The Balaban J connectivity index is 1.44. The zero-order valence-electron chi connectivity index (χ0n) is 32.6. The van der Waals surface area contributed by atoms with Crippen LogP contribution in [0.4, 0.5) is 5.82 Å². The molecule has 26 nitrogen and oxygen atoms in total. The molecule has 0 saturated carbocycles. The van der Waals surface area contributed by atoms with Crippen molar-refractivity contribution in [3.8, 4) is 0 Å². The third-order valence-electron chi connectivity index (χ3n) is 8.64. The van der Waals surface area contributed by atoms with Crippen LogP contribution >= 0.6 is 35.2 Å². The molecule has 1 saturated heterocycles. The van der Waals surface area contributed by atoms with Crippen molar-refractivity contribution in [3.63, 3.8) is 0 Å². The van der Waals surface area contributed by atoms with Crippen molar-refractivity contribution in [1.29, 1.82) is 0 Å². The van der Waals surface area contributed by atoms with E-state index < -0.39 is 102 Å². The van der Waals surface area contributed by atoms with Gasteiger partial charge in [-0.25, -0.2) is 28.6 Å². The minimum atomic E-state index is -5.60. The van der Waals surface area contributed by atoms with E-state index in [9.17, 15) is 67.5 Å². The van der Waals surface area contributed by atoms with Crippen LogP contribution in [0.2, 0.25) is 0 Å². The predicted octanol–water partition coefficient (Wildman–Crippen LogP) is -0.371. The average molecular weight is 936 g/mol. The second-order valence-electron chi connectivity index (χ2n) is 14.0. The summed E-state index contributed by atoms with van der Waals surface area (Å²) in [4.78, 5) is 111. The van der Waals surface area contributed by atoms with Crippen molar-refractivity contribution in [1.82, 2.24) is 30.2 Å². The zero-order valence-corrected chi connectivity index (χ0v) is 36.1. The number of nitrogens with one attached hydrogen (secondary N) is 2. The number of thioether (sulfide) groups is 1. The van der Waals surface area contributed by atoms with Gasteiger partial charge in [-0.2, -0.15) is 4.31 Å². The Morgan fingerprint density at radius 2 is 1.68 bits per heavy atom. The maximum absolute atomic E-state index is 12.7. The van der Waals surface area contributed by atoms with Crippen LogP contribution in [-0.4, -0.2) is 134 Å². The zero-order chi connectivity index (χ0) is 45.2. The first kappa shape index (κ1) is 51.3. The van der Waals surface area contributed by atoms with Crippen molar-refractivity contribution in [2.24, 2.45) is 11.3 Å². The van der Waals surface area contributed by atoms with Crippen LogP contribution < -0.4 is 16.4 Å². The number of aliphatic hydroxyl groups is 2. The summed E-state index contributed by atoms with van der Waals surface area (Å²) in [5.74, 6) is -2.47. The van der Waals surface area contributed by atoms with Gasteiger partial charge in [-0.05, 0) is 6.42 Å². The number of phosphoric ester groups is 3. The molecule has 2 aromatic heterocycles. The van der Waals surface area contributed by atoms with E-state index in [1.54, 1.807) is 6.92 Å². The fraction of sp³-hybridized carbons (Fsp3) is 0.667. The van der Waals surface area contributed by atoms with Crippen molar-refractivity contribution in [2.75, 3.05) is 37.8 Å². The number of carbonyl (C=O) groups is 5. The quantitative estimate of drug-likeness (QED) is 0.0348. The summed E-state index contributed by atoms with van der Waals surface area (Å²) in [6.45, 7) is 3.67. The number of imidazole rings is 1. The Morgan fingerprint density at radius 1 is 1.02 bits per heavy atom. The standard InChI is InChI=1S/C30H48N7O19P3S/c1-5-16(2)18(39)10-17(38)11-21(41)60-9-8-32-20(40)6-7-33-28(44)25(43)30(3,4)13-53-59(50,51)56-58(48,49)52-12-19-24(55-57(45,46)47)23(42)29(54-19)37-15-36-22-26(31)34-14-35-27(22)37/h14-16,19,23-25,29,42-43H,5-13H2,1-4H3,(H,32,40)(H,33,44)(H,48,49)(H,50,51)(H2,31,34,35)(H2,45,46,47)/t16-,19+,23+,24+,25?,29+/m0/s1. The van der Waals surface area contributed by atoms with Gasteiger partial charge in [0.05, 0.1) is 32.4 Å². The fourth-order valence-corrected chi connectivity index (χ4v) is 8.69. The van der Waals surface area contributed by atoms with E-state index in [2.05, 4.69) is 34.4 Å². The normalized spacial score (nSPS) is 21.4. The van der Waals surface area contributed by atoms with Crippen LogP contribution in [0.15, 0.2) is 12.7 Å². The number of nitrogen functional groups attached to an aromatic ring is 1. The molecular weight excluding hydrogens is 887 g/mol. The minimum Gasteiger partial charge on any atom is -0.386 e. The second-order valence-corrected chi connectivity index (χ2v) is 19.3. The Labute approximate surface area is 346 Å². The van der Waals surface area contributed by atoms with E-state index in [0.717, 1.165) is 29.0 Å². The Morgan fingerprint density at radius 3 is 2.33 bits per heavy atom. The lowest BCUT2D eigenvalue weighted by atomic mass is 9.87. The summed E-state index contributed by atoms with van der Waals surface area (Å²) >= 11 is 0.808. The van der Waals surface area contributed by atoms with Crippen molar-refractivity contribution >= 4 is 80.7 Å². The Bertz CT molecular complexity index is 2020. The number of ether oxygens (including phenoxy) is 1. The maximum atomic E-state index is 12.7. The molecule has 2 amide bonds. The number of aliphatic hydroxyl groups excluding tert-OH is 2. The van der Waals surface area contributed by atoms with E-state index >= 15 is 0 Å². The van der Waals surface area contributed by atoms with Gasteiger partial charge >= 0.3 is 23.5 Å². The third-order valence-corrected chi connectivity index (χ3v) is 12.6. The monoisotopic (exact) mass is 935 g/mol. The summed E-state index contributed by atoms with van der Waals surface area (Å²) < 4.78 is 62.1. The van der Waals surface area contributed by atoms with E-state index in [1.165, 1.54) is 13.8 Å². The van der Waals surface area contributed by atoms with Gasteiger partial charge < -0.3 is 50.9 Å². The van der Waals surface area contributed by atoms with Crippen LogP contribution in [0.5, 0.6) is 0 Å². The average Bonchev–Trinajstić information content (AvgIpc) is 3.70. The number of hydrogen-bond donors (Lipinski definition) is 9. The summed E-state index contributed by atoms with van der Waals surface area (Å²) in [6.07, 6.45) is -7.28. The highest BCUT2D eigenvalue weighted by molar-refractivity contribution is 8.13. The molecule has 0 spiro atoms. The molecule has 338 valence electrons. The minimum absolute atomic E-state index is 0.0182. The molecule has 3 unspecified atom stereocenters. The summed E-state index contributed by atoms with van der Waals surface area (Å²) in [5.41, 5.74) is 4.19. The molecule has 3 heterocycles. The smallest absolute Gasteiger partial charge is 0.386 e. The van der Waals surface area contributed by atoms with Gasteiger partial charge in [0.2, 0.25) is 11.8 Å². The second kappa shape index (κ2) is 21.8. The van der Waals surface area contributed by atoms with Gasteiger partial charge in [0.1, 0.15) is 47.8 Å². The lowest BCUT2D eigenvalue weighted by molar-refractivity contribution is -0.137. The topological polar surface area (TPSA) is 398 Å². The van der Waals surface area contributed by atoms with Crippen LogP contribution in [0.25, 0.3) is 11.2 Å². The molecule has 1 aliphatic heterocycles. The largest absolute Gasteiger partial charge is 0.481 e. The molecule has 3 rings (SSSR count). The molecule has 60 heavy (non-hydrogen) atoms. The lowest BCUT2D eigenvalue weighted by Gasteiger charge is -2.30. The number of Topliss-reactive ketones (excluding diaryl/α,β-unsaturated/α-hetero) is 2. The number of fused-ring (bicyclic) bond motifs is 1. The maximum Gasteiger partial charge on any atom is 0.481 e. The van der Waals surface area contributed by atoms with Crippen LogP contribution in [0.3, 0.4) is 0 Å². The number of aromatic nitrogens is 4. The van der Waals surface area contributed by atoms with Crippen LogP contribution in [0, 0.1) is 11.3 Å². The molecule has 8 atom stereocenters. The Hall–Kier alpha value is -3.10. The molecule has 0 aliphatic carbocycles. The third kappa shape index (κ3) is 15.7. The van der Waals surface area contributed by atoms with E-state index in [0.29, 0.717) is 6.42 Å². The number of rotatable bonds is 25. The van der Waals surface area contributed by atoms with Crippen molar-refractivity contribution < 1.29 is 90.1 Å². The van der Waals surface area contributed by atoms with Crippen LogP contribution in [0.1, 0.15) is 59.6 Å². The predicted molar refractivity (Wildman–Crippen MR) is 206 cm³/mol. The number of nitrogens with two attached hydrogens (primary N) is 1. The van der Waals surface area contributed by atoms with Gasteiger partial charge in [-0.3, -0.25) is 42.1 Å². The first-order chi connectivity index (χ1) is 27.8. The van der Waals surface area contributed by atoms with Crippen molar-refractivity contribution in [3.05, 3.63) is 12.7 Å².